The molecule has 0 aromatic carbocycles. The van der Waals surface area contributed by atoms with Crippen molar-refractivity contribution >= 4 is 18.8 Å². The van der Waals surface area contributed by atoms with Crippen LogP contribution in [0.15, 0.2) is 0 Å². The van der Waals surface area contributed by atoms with Crippen LogP contribution in [-0.4, -0.2) is 22.5 Å². The highest BCUT2D eigenvalue weighted by atomic mass is 32.1. The quantitative estimate of drug-likeness (QED) is 0.352. The van der Waals surface area contributed by atoms with E-state index in [1.807, 2.05) is 13.8 Å². The maximum Gasteiger partial charge on any atom is 0.714 e. The van der Waals surface area contributed by atoms with Crippen LogP contribution in [0, 0.1) is 5.92 Å². The molecule has 1 aliphatic heterocycles. The van der Waals surface area contributed by atoms with E-state index >= 15 is 0 Å². The Kier molecular flexibility index (Phi) is 2.08. The van der Waals surface area contributed by atoms with E-state index in [-0.39, 0.29) is 17.7 Å². The summed E-state index contributed by atoms with van der Waals surface area (Å²) in [6.45, 7) is 3.96. The Hall–Kier alpha value is -0.380. The van der Waals surface area contributed by atoms with Crippen LogP contribution in [0.25, 0.3) is 0 Å². The Morgan fingerprint density at radius 3 is 2.30 bits per heavy atom. The highest BCUT2D eigenvalue weighted by Crippen LogP contribution is 2.22. The van der Waals surface area contributed by atoms with E-state index in [4.69, 9.17) is 14.3 Å². The lowest BCUT2D eigenvalue weighted by Gasteiger charge is -2.06. The lowest BCUT2D eigenvalue weighted by molar-refractivity contribution is 0.154. The number of hydrogen-bond acceptors (Lipinski definition) is 3. The minimum atomic E-state index is -0.362. The molecule has 0 unspecified atom stereocenters. The second-order valence-electron chi connectivity index (χ2n) is 2.60. The molecule has 2 atom stereocenters. The summed E-state index contributed by atoms with van der Waals surface area (Å²) in [5.41, 5.74) is -0.333. The molecule has 1 rings (SSSR count). The summed E-state index contributed by atoms with van der Waals surface area (Å²) in [6, 6.07) is 0. The van der Waals surface area contributed by atoms with Crippen LogP contribution in [0.3, 0.4) is 0 Å². The van der Waals surface area contributed by atoms with Gasteiger partial charge in [0.1, 0.15) is 0 Å². The predicted octanol–water partition coefficient (Wildman–Crippen LogP) is 0.774. The first-order valence-electron chi connectivity index (χ1n) is 3.18. The van der Waals surface area contributed by atoms with Crippen LogP contribution in [-0.2, 0) is 9.47 Å². The molecule has 0 saturated carbocycles. The lowest BCUT2D eigenvalue weighted by atomic mass is 10.1. The predicted molar refractivity (Wildman–Crippen MR) is 40.5 cm³/mol. The third kappa shape index (κ3) is 1.37. The van der Waals surface area contributed by atoms with Crippen LogP contribution < -0.4 is 0 Å². The van der Waals surface area contributed by atoms with Crippen LogP contribution in [0.4, 0.5) is 0 Å². The summed E-state index contributed by atoms with van der Waals surface area (Å²) in [6.07, 6.45) is -0.498. The van der Waals surface area contributed by atoms with Crippen LogP contribution in [0.5, 0.6) is 0 Å². The SMILES string of the molecule is CC(C)[C@H]1OC(=[OH+])O[C@H]1S. The second kappa shape index (κ2) is 2.70. The molecule has 0 aromatic rings. The van der Waals surface area contributed by atoms with Crippen molar-refractivity contribution in [3.8, 4) is 0 Å². The van der Waals surface area contributed by atoms with E-state index in [2.05, 4.69) is 12.6 Å². The topological polar surface area (TPSA) is 39.9 Å². The zero-order chi connectivity index (χ0) is 7.72. The Bertz CT molecular complexity index is 146. The molecule has 1 aliphatic rings. The van der Waals surface area contributed by atoms with E-state index in [0.29, 0.717) is 5.92 Å². The fourth-order valence-electron chi connectivity index (χ4n) is 0.838. The van der Waals surface area contributed by atoms with E-state index in [1.165, 1.54) is 0 Å². The second-order valence-corrected chi connectivity index (χ2v) is 3.11. The monoisotopic (exact) mass is 163 g/mol. The molecule has 4 heteroatoms. The molecule has 1 saturated heterocycles. The third-order valence-electron chi connectivity index (χ3n) is 1.40. The minimum absolute atomic E-state index is 0.136. The van der Waals surface area contributed by atoms with Gasteiger partial charge in [-0.1, -0.05) is 13.8 Å². The van der Waals surface area contributed by atoms with Crippen molar-refractivity contribution in [2.24, 2.45) is 5.92 Å². The highest BCUT2D eigenvalue weighted by molar-refractivity contribution is 7.80. The average molecular weight is 163 g/mol. The maximum atomic E-state index is 8.74. The summed E-state index contributed by atoms with van der Waals surface area (Å²) in [5, 5.41) is 0. The zero-order valence-corrected chi connectivity index (χ0v) is 6.84. The summed E-state index contributed by atoms with van der Waals surface area (Å²) in [4.78, 5) is 8.74. The van der Waals surface area contributed by atoms with Gasteiger partial charge in [-0.15, -0.1) is 12.6 Å². The van der Waals surface area contributed by atoms with Gasteiger partial charge in [-0.3, -0.25) is 4.74 Å². The molecular weight excluding hydrogens is 152 g/mol. The van der Waals surface area contributed by atoms with Gasteiger partial charge in [0.15, 0.2) is 0 Å². The first-order valence-corrected chi connectivity index (χ1v) is 3.70. The van der Waals surface area contributed by atoms with E-state index in [0.717, 1.165) is 0 Å². The third-order valence-corrected chi connectivity index (χ3v) is 1.80. The van der Waals surface area contributed by atoms with Crippen LogP contribution in [0.2, 0.25) is 0 Å². The Labute approximate surface area is 65.1 Å². The van der Waals surface area contributed by atoms with Gasteiger partial charge in [0.05, 0.1) is 0 Å². The standard InChI is InChI=1S/C6H10O3S/c1-3(2)4-5(10)9-6(7)8-4/h3-5,10H,1-2H3/p+1/t4-,5+/m1/s1. The Morgan fingerprint density at radius 1 is 1.50 bits per heavy atom. The first-order chi connectivity index (χ1) is 4.61. The van der Waals surface area contributed by atoms with Gasteiger partial charge in [0, 0.05) is 5.92 Å². The van der Waals surface area contributed by atoms with Crippen molar-refractivity contribution in [1.82, 2.24) is 0 Å². The van der Waals surface area contributed by atoms with E-state index < -0.39 is 0 Å². The van der Waals surface area contributed by atoms with Crippen molar-refractivity contribution < 1.29 is 14.3 Å². The fourth-order valence-corrected chi connectivity index (χ4v) is 1.33. The number of carbonyl (C=O) groups excluding carboxylic acids is 1. The first kappa shape index (κ1) is 7.72. The molecule has 0 spiro atoms. The number of rotatable bonds is 1. The number of ether oxygens (including phenoxy) is 2. The Balaban J connectivity index is 2.54. The van der Waals surface area contributed by atoms with Crippen LogP contribution in [0.1, 0.15) is 13.8 Å². The largest absolute Gasteiger partial charge is 0.714 e. The zero-order valence-electron chi connectivity index (χ0n) is 5.94. The summed E-state index contributed by atoms with van der Waals surface area (Å²) >= 11 is 4.06. The molecule has 1 fully saturated rings. The van der Waals surface area contributed by atoms with Crippen LogP contribution >= 0.6 is 12.6 Å². The summed E-state index contributed by atoms with van der Waals surface area (Å²) in [7, 11) is 0. The molecule has 0 amide bonds. The minimum Gasteiger partial charge on any atom is -0.336 e. The van der Waals surface area contributed by atoms with Crippen molar-refractivity contribution in [2.75, 3.05) is 0 Å². The number of thiol groups is 1. The molecule has 0 bridgehead atoms. The maximum absolute atomic E-state index is 8.74. The van der Waals surface area contributed by atoms with Gasteiger partial charge in [-0.05, 0) is 0 Å². The molecule has 3 nitrogen and oxygen atoms in total. The van der Waals surface area contributed by atoms with E-state index in [1.54, 1.807) is 0 Å². The van der Waals surface area contributed by atoms with Gasteiger partial charge in [-0.25, -0.2) is 0 Å². The molecule has 1 N–H and O–H groups in total. The van der Waals surface area contributed by atoms with Crippen molar-refractivity contribution in [2.45, 2.75) is 25.4 Å². The molecule has 0 radical (unpaired) electrons. The number of hydrogen-bond donors (Lipinski definition) is 1. The van der Waals surface area contributed by atoms with Crippen molar-refractivity contribution in [3.05, 3.63) is 0 Å². The molecule has 0 aromatic heterocycles. The average Bonchev–Trinajstić information content (AvgIpc) is 2.10. The molecule has 58 valence electrons. The van der Waals surface area contributed by atoms with Gasteiger partial charge in [0.25, 0.3) is 5.44 Å². The Morgan fingerprint density at radius 2 is 2.10 bits per heavy atom. The van der Waals surface area contributed by atoms with E-state index in [9.17, 15) is 0 Å². The normalized spacial score (nSPS) is 32.2. The molecule has 1 heterocycles. The molecule has 0 aliphatic carbocycles. The van der Waals surface area contributed by atoms with Gasteiger partial charge >= 0.3 is 6.16 Å². The molecular formula is C6H11O3S+. The fraction of sp³-hybridized carbons (Fsp3) is 0.833. The highest BCUT2D eigenvalue weighted by Gasteiger charge is 2.45. The smallest absolute Gasteiger partial charge is 0.336 e. The summed E-state index contributed by atoms with van der Waals surface area (Å²) < 4.78 is 9.66. The van der Waals surface area contributed by atoms with Crippen molar-refractivity contribution in [1.29, 1.82) is 0 Å². The van der Waals surface area contributed by atoms with Gasteiger partial charge < -0.3 is 9.53 Å². The molecule has 10 heavy (non-hydrogen) atoms. The van der Waals surface area contributed by atoms with Crippen molar-refractivity contribution in [3.63, 3.8) is 0 Å². The lowest BCUT2D eigenvalue weighted by Crippen LogP contribution is -2.23. The van der Waals surface area contributed by atoms with Gasteiger partial charge in [0.2, 0.25) is 6.10 Å². The van der Waals surface area contributed by atoms with Gasteiger partial charge in [-0.2, -0.15) is 0 Å². The number of cyclic esters (lactones) is 2. The summed E-state index contributed by atoms with van der Waals surface area (Å²) in [5.74, 6) is 0.298.